The van der Waals surface area contributed by atoms with Gasteiger partial charge >= 0.3 is 0 Å². The number of hydrogen-bond acceptors (Lipinski definition) is 6. The van der Waals surface area contributed by atoms with Gasteiger partial charge in [0.05, 0.1) is 13.2 Å². The molecule has 0 bridgehead atoms. The molecule has 0 aromatic carbocycles. The quantitative estimate of drug-likeness (QED) is 0.347. The molecule has 9 nitrogen and oxygen atoms in total. The molecule has 0 radical (unpaired) electrons. The molecule has 0 fully saturated rings. The number of guanidine groups is 1. The molecule has 0 aliphatic rings. The monoisotopic (exact) mass is 369 g/mol. The summed E-state index contributed by atoms with van der Waals surface area (Å²) in [5.41, 5.74) is 1.75. The van der Waals surface area contributed by atoms with Gasteiger partial charge in [-0.05, 0) is 18.2 Å². The highest BCUT2D eigenvalue weighted by atomic mass is 16.5. The van der Waals surface area contributed by atoms with Gasteiger partial charge in [-0.1, -0.05) is 12.1 Å². The second kappa shape index (κ2) is 9.48. The maximum Gasteiger partial charge on any atom is 0.218 e. The fraction of sp³-hybridized carbons (Fsp3) is 0.333. The number of aromatic nitrogens is 4. The van der Waals surface area contributed by atoms with Crippen LogP contribution in [0.2, 0.25) is 0 Å². The largest absolute Gasteiger partial charge is 0.475 e. The van der Waals surface area contributed by atoms with Crippen molar-refractivity contribution >= 4 is 11.6 Å². The molecule has 3 rings (SSSR count). The van der Waals surface area contributed by atoms with E-state index < -0.39 is 0 Å². The highest BCUT2D eigenvalue weighted by molar-refractivity contribution is 5.79. The summed E-state index contributed by atoms with van der Waals surface area (Å²) in [6, 6.07) is 9.62. The standard InChI is InChI=1S/C18H23N7O2/c1-19-18(22-13-16-24-23-15-7-3-4-9-25(15)16)21-12-14-6-5-8-20-17(14)27-11-10-26-2/h3-9H,10-13H2,1-2H3,(H2,19,21,22). The van der Waals surface area contributed by atoms with Crippen LogP contribution in [0.25, 0.3) is 5.65 Å². The summed E-state index contributed by atoms with van der Waals surface area (Å²) in [6.07, 6.45) is 3.64. The van der Waals surface area contributed by atoms with E-state index in [1.165, 1.54) is 0 Å². The van der Waals surface area contributed by atoms with Crippen molar-refractivity contribution in [1.82, 2.24) is 30.2 Å². The molecule has 3 aromatic heterocycles. The summed E-state index contributed by atoms with van der Waals surface area (Å²) < 4.78 is 12.6. The molecule has 0 atom stereocenters. The van der Waals surface area contributed by atoms with Crippen molar-refractivity contribution in [1.29, 1.82) is 0 Å². The van der Waals surface area contributed by atoms with Crippen LogP contribution < -0.4 is 15.4 Å². The lowest BCUT2D eigenvalue weighted by Gasteiger charge is -2.13. The molecular formula is C18H23N7O2. The number of rotatable bonds is 8. The zero-order valence-corrected chi connectivity index (χ0v) is 15.4. The van der Waals surface area contributed by atoms with Crippen molar-refractivity contribution < 1.29 is 9.47 Å². The molecule has 0 saturated heterocycles. The van der Waals surface area contributed by atoms with Crippen LogP contribution in [-0.2, 0) is 17.8 Å². The topological polar surface area (TPSA) is 98.0 Å². The molecule has 0 spiro atoms. The van der Waals surface area contributed by atoms with Crippen molar-refractivity contribution in [3.8, 4) is 5.88 Å². The van der Waals surface area contributed by atoms with Crippen molar-refractivity contribution in [2.45, 2.75) is 13.1 Å². The zero-order chi connectivity index (χ0) is 18.9. The Morgan fingerprint density at radius 1 is 1.11 bits per heavy atom. The molecule has 27 heavy (non-hydrogen) atoms. The predicted octanol–water partition coefficient (Wildman–Crippen LogP) is 1.01. The van der Waals surface area contributed by atoms with Crippen molar-refractivity contribution in [2.24, 2.45) is 4.99 Å². The number of nitrogens with one attached hydrogen (secondary N) is 2. The van der Waals surface area contributed by atoms with Crippen molar-refractivity contribution in [3.63, 3.8) is 0 Å². The Morgan fingerprint density at radius 2 is 2.00 bits per heavy atom. The number of pyridine rings is 2. The molecule has 0 unspecified atom stereocenters. The normalized spacial score (nSPS) is 11.6. The predicted molar refractivity (Wildman–Crippen MR) is 102 cm³/mol. The molecule has 9 heteroatoms. The first kappa shape index (κ1) is 18.6. The third kappa shape index (κ3) is 4.91. The highest BCUT2D eigenvalue weighted by Gasteiger charge is 2.08. The van der Waals surface area contributed by atoms with Gasteiger partial charge in [0.1, 0.15) is 6.61 Å². The lowest BCUT2D eigenvalue weighted by molar-refractivity contribution is 0.143. The first-order chi connectivity index (χ1) is 13.3. The van der Waals surface area contributed by atoms with Crippen LogP contribution in [0.4, 0.5) is 0 Å². The molecule has 0 amide bonds. The average molecular weight is 369 g/mol. The molecule has 3 aromatic rings. The molecule has 3 heterocycles. The molecular weight excluding hydrogens is 346 g/mol. The van der Waals surface area contributed by atoms with E-state index in [1.807, 2.05) is 40.9 Å². The lowest BCUT2D eigenvalue weighted by Crippen LogP contribution is -2.36. The zero-order valence-electron chi connectivity index (χ0n) is 15.4. The van der Waals surface area contributed by atoms with E-state index >= 15 is 0 Å². The van der Waals surface area contributed by atoms with Gasteiger partial charge in [-0.15, -0.1) is 10.2 Å². The molecule has 0 saturated carbocycles. The van der Waals surface area contributed by atoms with Crippen molar-refractivity contribution in [3.05, 3.63) is 54.1 Å². The smallest absolute Gasteiger partial charge is 0.218 e. The van der Waals surface area contributed by atoms with Gasteiger partial charge < -0.3 is 20.1 Å². The van der Waals surface area contributed by atoms with E-state index in [9.17, 15) is 0 Å². The van der Waals surface area contributed by atoms with E-state index in [2.05, 4.69) is 30.8 Å². The number of fused-ring (bicyclic) bond motifs is 1. The van der Waals surface area contributed by atoms with Gasteiger partial charge in [0, 0.05) is 38.7 Å². The fourth-order valence-corrected chi connectivity index (χ4v) is 2.48. The Bertz CT molecular complexity index is 894. The van der Waals surface area contributed by atoms with Gasteiger partial charge in [0.25, 0.3) is 0 Å². The lowest BCUT2D eigenvalue weighted by atomic mass is 10.2. The summed E-state index contributed by atoms with van der Waals surface area (Å²) in [7, 11) is 3.36. The van der Waals surface area contributed by atoms with Crippen LogP contribution in [0.1, 0.15) is 11.4 Å². The van der Waals surface area contributed by atoms with E-state index in [1.54, 1.807) is 20.4 Å². The van der Waals surface area contributed by atoms with Gasteiger partial charge in [-0.25, -0.2) is 4.98 Å². The summed E-state index contributed by atoms with van der Waals surface area (Å²) in [6.45, 7) is 1.98. The van der Waals surface area contributed by atoms with E-state index in [0.717, 1.165) is 17.0 Å². The number of ether oxygens (including phenoxy) is 2. The number of aliphatic imine (C=N–C) groups is 1. The van der Waals surface area contributed by atoms with Crippen LogP contribution in [0.5, 0.6) is 5.88 Å². The Morgan fingerprint density at radius 3 is 2.85 bits per heavy atom. The van der Waals surface area contributed by atoms with Crippen molar-refractivity contribution in [2.75, 3.05) is 27.4 Å². The van der Waals surface area contributed by atoms with Gasteiger partial charge in [0.2, 0.25) is 5.88 Å². The van der Waals surface area contributed by atoms with Gasteiger partial charge in [-0.3, -0.25) is 9.39 Å². The second-order valence-corrected chi connectivity index (χ2v) is 5.63. The Kier molecular flexibility index (Phi) is 6.53. The highest BCUT2D eigenvalue weighted by Crippen LogP contribution is 2.13. The van der Waals surface area contributed by atoms with Crippen LogP contribution in [0, 0.1) is 0 Å². The molecule has 0 aliphatic carbocycles. The maximum atomic E-state index is 5.65. The fourth-order valence-electron chi connectivity index (χ4n) is 2.48. The third-order valence-corrected chi connectivity index (χ3v) is 3.84. The first-order valence-electron chi connectivity index (χ1n) is 8.60. The minimum atomic E-state index is 0.452. The van der Waals surface area contributed by atoms with Crippen LogP contribution >= 0.6 is 0 Å². The summed E-state index contributed by atoms with van der Waals surface area (Å²) in [4.78, 5) is 8.52. The Hall–Kier alpha value is -3.20. The number of methoxy groups -OCH3 is 1. The second-order valence-electron chi connectivity index (χ2n) is 5.63. The van der Waals surface area contributed by atoms with Gasteiger partial charge in [0.15, 0.2) is 17.4 Å². The molecule has 142 valence electrons. The molecule has 0 aliphatic heterocycles. The van der Waals surface area contributed by atoms with E-state index in [-0.39, 0.29) is 0 Å². The number of hydrogen-bond donors (Lipinski definition) is 2. The number of nitrogens with zero attached hydrogens (tertiary/aromatic N) is 5. The van der Waals surface area contributed by atoms with E-state index in [4.69, 9.17) is 9.47 Å². The minimum absolute atomic E-state index is 0.452. The van der Waals surface area contributed by atoms with Crippen LogP contribution in [0.3, 0.4) is 0 Å². The van der Waals surface area contributed by atoms with Gasteiger partial charge in [-0.2, -0.15) is 0 Å². The summed E-state index contributed by atoms with van der Waals surface area (Å²) in [5.74, 6) is 2.04. The van der Waals surface area contributed by atoms with Crippen LogP contribution in [0.15, 0.2) is 47.7 Å². The average Bonchev–Trinajstić information content (AvgIpc) is 3.12. The summed E-state index contributed by atoms with van der Waals surface area (Å²) >= 11 is 0. The Balaban J connectivity index is 1.57. The summed E-state index contributed by atoms with van der Waals surface area (Å²) in [5, 5.41) is 14.8. The molecule has 2 N–H and O–H groups in total. The first-order valence-corrected chi connectivity index (χ1v) is 8.60. The Labute approximate surface area is 157 Å². The maximum absolute atomic E-state index is 5.65. The third-order valence-electron chi connectivity index (χ3n) is 3.84. The van der Waals surface area contributed by atoms with Crippen LogP contribution in [-0.4, -0.2) is 52.9 Å². The van der Waals surface area contributed by atoms with E-state index in [0.29, 0.717) is 38.1 Å². The SMILES string of the molecule is CN=C(NCc1cccnc1OCCOC)NCc1nnc2ccccn12. The minimum Gasteiger partial charge on any atom is -0.475 e.